The van der Waals surface area contributed by atoms with Crippen LogP contribution in [0.2, 0.25) is 0 Å². The third kappa shape index (κ3) is 6.86. The zero-order valence-corrected chi connectivity index (χ0v) is 19.1. The van der Waals surface area contributed by atoms with Crippen LogP contribution < -0.4 is 16.0 Å². The zero-order chi connectivity index (χ0) is 24.5. The summed E-state index contributed by atoms with van der Waals surface area (Å²) in [6.07, 6.45) is 4.45. The molecule has 0 saturated heterocycles. The summed E-state index contributed by atoms with van der Waals surface area (Å²) < 4.78 is 0. The van der Waals surface area contributed by atoms with E-state index in [0.717, 1.165) is 45.9 Å². The van der Waals surface area contributed by atoms with Crippen molar-refractivity contribution >= 4 is 22.1 Å². The zero-order valence-electron chi connectivity index (χ0n) is 19.1. The van der Waals surface area contributed by atoms with Gasteiger partial charge in [-0.25, -0.2) is 0 Å². The average molecular weight is 470 g/mol. The molecule has 1 aromatic heterocycles. The highest BCUT2D eigenvalue weighted by atomic mass is 16.6. The first-order valence-corrected chi connectivity index (χ1v) is 11.3. The van der Waals surface area contributed by atoms with Crippen molar-refractivity contribution in [2.75, 3.05) is 23.7 Å². The molecular formula is C27H27N5O3. The second kappa shape index (κ2) is 11.7. The number of nitrogens with zero attached hydrogens (tertiary/aromatic N) is 2. The number of fused-ring (bicyclic) bond motifs is 1. The minimum atomic E-state index is -0.601. The third-order valence-electron chi connectivity index (χ3n) is 5.52. The van der Waals surface area contributed by atoms with Crippen LogP contribution in [-0.4, -0.2) is 28.1 Å². The molecule has 0 amide bonds. The Bertz CT molecular complexity index is 1290. The van der Waals surface area contributed by atoms with E-state index >= 15 is 0 Å². The number of hydrogen-bond acceptors (Lipinski definition) is 7. The first-order chi connectivity index (χ1) is 17.1. The maximum atomic E-state index is 11.2. The van der Waals surface area contributed by atoms with E-state index in [4.69, 9.17) is 0 Å². The molecule has 35 heavy (non-hydrogen) atoms. The summed E-state index contributed by atoms with van der Waals surface area (Å²) in [6, 6.07) is 25.0. The summed E-state index contributed by atoms with van der Waals surface area (Å²) >= 11 is 0. The number of aromatic nitrogens is 1. The van der Waals surface area contributed by atoms with E-state index in [9.17, 15) is 15.2 Å². The van der Waals surface area contributed by atoms with Crippen LogP contribution in [0.1, 0.15) is 17.2 Å². The Morgan fingerprint density at radius 2 is 1.80 bits per heavy atom. The lowest BCUT2D eigenvalue weighted by Crippen LogP contribution is -2.23. The van der Waals surface area contributed by atoms with Crippen molar-refractivity contribution in [1.29, 1.82) is 0 Å². The fraction of sp³-hybridized carbons (Fsp3) is 0.148. The molecule has 4 aromatic rings. The summed E-state index contributed by atoms with van der Waals surface area (Å²) in [5.41, 5.74) is 3.40. The van der Waals surface area contributed by atoms with Gasteiger partial charge in [0.25, 0.3) is 6.20 Å². The molecular weight excluding hydrogens is 442 g/mol. The number of nitrogens with one attached hydrogen (secondary N) is 3. The highest BCUT2D eigenvalue weighted by molar-refractivity contribution is 5.94. The minimum Gasteiger partial charge on any atom is -0.387 e. The lowest BCUT2D eigenvalue weighted by molar-refractivity contribution is -0.403. The maximum absolute atomic E-state index is 11.2. The second-order valence-corrected chi connectivity index (χ2v) is 8.06. The largest absolute Gasteiger partial charge is 0.387 e. The van der Waals surface area contributed by atoms with Crippen LogP contribution in [0.4, 0.5) is 11.4 Å². The molecule has 1 atom stereocenters. The van der Waals surface area contributed by atoms with Gasteiger partial charge in [0.15, 0.2) is 5.82 Å². The van der Waals surface area contributed by atoms with Crippen molar-refractivity contribution < 1.29 is 10.0 Å². The summed E-state index contributed by atoms with van der Waals surface area (Å²) in [7, 11) is 0. The number of pyridine rings is 1. The number of rotatable bonds is 11. The molecule has 0 bridgehead atoms. The van der Waals surface area contributed by atoms with Crippen molar-refractivity contribution in [3.05, 3.63) is 125 Å². The number of anilines is 2. The molecule has 0 fully saturated rings. The van der Waals surface area contributed by atoms with Gasteiger partial charge in [-0.15, -0.1) is 0 Å². The van der Waals surface area contributed by atoms with E-state index in [0.29, 0.717) is 13.1 Å². The highest BCUT2D eigenvalue weighted by Crippen LogP contribution is 2.25. The molecule has 3 aromatic carbocycles. The molecule has 0 aliphatic carbocycles. The highest BCUT2D eigenvalue weighted by Gasteiger charge is 2.09. The molecule has 0 radical (unpaired) electrons. The Morgan fingerprint density at radius 3 is 2.57 bits per heavy atom. The predicted octanol–water partition coefficient (Wildman–Crippen LogP) is 4.70. The van der Waals surface area contributed by atoms with Gasteiger partial charge in [0.05, 0.1) is 11.0 Å². The van der Waals surface area contributed by atoms with Crippen molar-refractivity contribution in [1.82, 2.24) is 10.3 Å². The smallest absolute Gasteiger partial charge is 0.274 e. The topological polar surface area (TPSA) is 112 Å². The number of hydrogen-bond donors (Lipinski definition) is 4. The van der Waals surface area contributed by atoms with Crippen LogP contribution in [0.3, 0.4) is 0 Å². The lowest BCUT2D eigenvalue weighted by atomic mass is 10.1. The van der Waals surface area contributed by atoms with Crippen LogP contribution >= 0.6 is 0 Å². The van der Waals surface area contributed by atoms with Crippen LogP contribution in [0.5, 0.6) is 0 Å². The molecule has 0 saturated carbocycles. The predicted molar refractivity (Wildman–Crippen MR) is 138 cm³/mol. The van der Waals surface area contributed by atoms with E-state index in [1.54, 1.807) is 18.5 Å². The van der Waals surface area contributed by atoms with Crippen LogP contribution in [0.15, 0.2) is 103 Å². The number of benzene rings is 3. The van der Waals surface area contributed by atoms with Gasteiger partial charge in [0.1, 0.15) is 0 Å². The Kier molecular flexibility index (Phi) is 8.00. The molecule has 8 nitrogen and oxygen atoms in total. The SMILES string of the molecule is O=[N+]([O-])/C=C(/Nc1ccc(CCNC[C@H](O)c2cccnc2)cc1)Nc1cccc2ccccc12. The van der Waals surface area contributed by atoms with E-state index in [1.165, 1.54) is 0 Å². The summed E-state index contributed by atoms with van der Waals surface area (Å²) in [5, 5.41) is 32.9. The average Bonchev–Trinajstić information content (AvgIpc) is 2.88. The summed E-state index contributed by atoms with van der Waals surface area (Å²) in [6.45, 7) is 1.15. The normalized spacial score (nSPS) is 12.3. The summed E-state index contributed by atoms with van der Waals surface area (Å²) in [4.78, 5) is 14.8. The van der Waals surface area contributed by atoms with Gasteiger partial charge >= 0.3 is 0 Å². The Balaban J connectivity index is 1.33. The summed E-state index contributed by atoms with van der Waals surface area (Å²) in [5.74, 6) is 0.269. The fourth-order valence-corrected chi connectivity index (χ4v) is 3.75. The van der Waals surface area contributed by atoms with Crippen LogP contribution in [0, 0.1) is 10.1 Å². The monoisotopic (exact) mass is 469 g/mol. The number of aliphatic hydroxyl groups excluding tert-OH is 1. The van der Waals surface area contributed by atoms with Gasteiger partial charge in [0, 0.05) is 41.3 Å². The lowest BCUT2D eigenvalue weighted by Gasteiger charge is -2.14. The molecule has 4 N–H and O–H groups in total. The van der Waals surface area contributed by atoms with E-state index in [-0.39, 0.29) is 5.82 Å². The first-order valence-electron chi connectivity index (χ1n) is 11.3. The second-order valence-electron chi connectivity index (χ2n) is 8.06. The van der Waals surface area contributed by atoms with Gasteiger partial charge in [-0.3, -0.25) is 15.1 Å². The first kappa shape index (κ1) is 23.9. The third-order valence-corrected chi connectivity index (χ3v) is 5.52. The van der Waals surface area contributed by atoms with Gasteiger partial charge in [-0.1, -0.05) is 54.6 Å². The number of aliphatic hydroxyl groups is 1. The quantitative estimate of drug-likeness (QED) is 0.143. The molecule has 178 valence electrons. The molecule has 4 rings (SSSR count). The standard InChI is InChI=1S/C27H27N5O3/c33-26(22-7-4-15-28-17-22)18-29-16-14-20-10-12-23(13-11-20)30-27(19-32(34)35)31-25-9-3-6-21-5-1-2-8-24(21)25/h1-13,15,17,19,26,29-31,33H,14,16,18H2/b27-19-/t26-/m0/s1. The molecule has 1 heterocycles. The van der Waals surface area contributed by atoms with Crippen LogP contribution in [0.25, 0.3) is 10.8 Å². The van der Waals surface area contributed by atoms with E-state index in [2.05, 4.69) is 20.9 Å². The Labute approximate surface area is 203 Å². The molecule has 8 heteroatoms. The fourth-order valence-electron chi connectivity index (χ4n) is 3.75. The molecule has 0 aliphatic rings. The van der Waals surface area contributed by atoms with Gasteiger partial charge < -0.3 is 21.1 Å². The Hall–Kier alpha value is -4.27. The van der Waals surface area contributed by atoms with E-state index in [1.807, 2.05) is 72.8 Å². The van der Waals surface area contributed by atoms with Crippen molar-refractivity contribution in [2.24, 2.45) is 0 Å². The maximum Gasteiger partial charge on any atom is 0.274 e. The molecule has 0 unspecified atom stereocenters. The van der Waals surface area contributed by atoms with Crippen molar-refractivity contribution in [2.45, 2.75) is 12.5 Å². The van der Waals surface area contributed by atoms with E-state index < -0.39 is 11.0 Å². The minimum absolute atomic E-state index is 0.269. The van der Waals surface area contributed by atoms with Gasteiger partial charge in [0.2, 0.25) is 0 Å². The molecule has 0 aliphatic heterocycles. The molecule has 0 spiro atoms. The van der Waals surface area contributed by atoms with Crippen LogP contribution in [-0.2, 0) is 6.42 Å². The van der Waals surface area contributed by atoms with Crippen molar-refractivity contribution in [3.8, 4) is 0 Å². The number of nitro groups is 1. The Morgan fingerprint density at radius 1 is 1.00 bits per heavy atom. The van der Waals surface area contributed by atoms with Gasteiger partial charge in [-0.2, -0.15) is 0 Å². The van der Waals surface area contributed by atoms with Crippen molar-refractivity contribution in [3.63, 3.8) is 0 Å². The van der Waals surface area contributed by atoms with Gasteiger partial charge in [-0.05, 0) is 48.2 Å².